The number of ether oxygens (including phenoxy) is 1. The normalized spacial score (nSPS) is 25.9. The van der Waals surface area contributed by atoms with Gasteiger partial charge < -0.3 is 4.74 Å². The summed E-state index contributed by atoms with van der Waals surface area (Å²) in [5.41, 5.74) is 0.699. The molecule has 18 heavy (non-hydrogen) atoms. The van der Waals surface area contributed by atoms with Crippen LogP contribution in [0.4, 0.5) is 4.39 Å². The SMILES string of the molecule is CC1CCCC(OC(CI)c2ccccc2F)C1. The molecule has 0 bridgehead atoms. The minimum atomic E-state index is -0.150. The highest BCUT2D eigenvalue weighted by Gasteiger charge is 2.24. The molecule has 0 N–H and O–H groups in total. The lowest BCUT2D eigenvalue weighted by Gasteiger charge is -2.30. The number of rotatable bonds is 4. The van der Waals surface area contributed by atoms with E-state index >= 15 is 0 Å². The van der Waals surface area contributed by atoms with Crippen LogP contribution in [0.3, 0.4) is 0 Å². The summed E-state index contributed by atoms with van der Waals surface area (Å²) in [4.78, 5) is 0. The molecule has 1 aromatic carbocycles. The quantitative estimate of drug-likeness (QED) is 0.547. The molecule has 1 aliphatic carbocycles. The molecule has 3 atom stereocenters. The Morgan fingerprint density at radius 3 is 2.83 bits per heavy atom. The van der Waals surface area contributed by atoms with Gasteiger partial charge in [0.1, 0.15) is 5.82 Å². The average Bonchev–Trinajstić information content (AvgIpc) is 2.37. The highest BCUT2D eigenvalue weighted by Crippen LogP contribution is 2.31. The van der Waals surface area contributed by atoms with Crippen LogP contribution in [0, 0.1) is 11.7 Å². The van der Waals surface area contributed by atoms with E-state index in [1.807, 2.05) is 12.1 Å². The first kappa shape index (κ1) is 14.3. The maximum atomic E-state index is 13.8. The molecule has 0 amide bonds. The van der Waals surface area contributed by atoms with Gasteiger partial charge in [-0.2, -0.15) is 0 Å². The van der Waals surface area contributed by atoms with E-state index in [4.69, 9.17) is 4.74 Å². The Kier molecular flexibility index (Phi) is 5.42. The van der Waals surface area contributed by atoms with E-state index in [1.165, 1.54) is 18.9 Å². The lowest BCUT2D eigenvalue weighted by molar-refractivity contribution is -0.0296. The molecule has 0 saturated heterocycles. The van der Waals surface area contributed by atoms with Crippen LogP contribution in [0.2, 0.25) is 0 Å². The van der Waals surface area contributed by atoms with E-state index in [9.17, 15) is 4.39 Å². The molecule has 0 aromatic heterocycles. The van der Waals surface area contributed by atoms with Crippen molar-refractivity contribution >= 4 is 22.6 Å². The number of alkyl halides is 1. The van der Waals surface area contributed by atoms with Crippen LogP contribution < -0.4 is 0 Å². The Morgan fingerprint density at radius 1 is 1.39 bits per heavy atom. The van der Waals surface area contributed by atoms with E-state index in [-0.39, 0.29) is 11.9 Å². The summed E-state index contributed by atoms with van der Waals surface area (Å²) in [6.07, 6.45) is 4.95. The average molecular weight is 362 g/mol. The maximum Gasteiger partial charge on any atom is 0.129 e. The molecule has 3 heteroatoms. The van der Waals surface area contributed by atoms with Crippen molar-refractivity contribution in [1.82, 2.24) is 0 Å². The second-order valence-corrected chi connectivity index (χ2v) is 6.08. The second kappa shape index (κ2) is 6.85. The van der Waals surface area contributed by atoms with Crippen LogP contribution in [0.25, 0.3) is 0 Å². The van der Waals surface area contributed by atoms with Gasteiger partial charge in [0, 0.05) is 9.99 Å². The van der Waals surface area contributed by atoms with E-state index in [0.717, 1.165) is 23.2 Å². The third-order valence-electron chi connectivity index (χ3n) is 3.64. The topological polar surface area (TPSA) is 9.23 Å². The fourth-order valence-corrected chi connectivity index (χ4v) is 3.35. The molecule has 3 unspecified atom stereocenters. The van der Waals surface area contributed by atoms with Gasteiger partial charge in [0.15, 0.2) is 0 Å². The van der Waals surface area contributed by atoms with Crippen LogP contribution in [0.1, 0.15) is 44.3 Å². The highest BCUT2D eigenvalue weighted by molar-refractivity contribution is 14.1. The van der Waals surface area contributed by atoms with Crippen molar-refractivity contribution in [2.75, 3.05) is 4.43 Å². The first-order valence-corrected chi connectivity index (χ1v) is 8.19. The lowest BCUT2D eigenvalue weighted by Crippen LogP contribution is -2.24. The predicted molar refractivity (Wildman–Crippen MR) is 80.5 cm³/mol. The number of benzene rings is 1. The predicted octanol–water partition coefficient (Wildman–Crippen LogP) is 4.90. The van der Waals surface area contributed by atoms with Crippen LogP contribution in [-0.2, 0) is 4.74 Å². The van der Waals surface area contributed by atoms with Crippen LogP contribution in [0.15, 0.2) is 24.3 Å². The van der Waals surface area contributed by atoms with Gasteiger partial charge in [-0.25, -0.2) is 4.39 Å². The van der Waals surface area contributed by atoms with Crippen LogP contribution in [0.5, 0.6) is 0 Å². The Balaban J connectivity index is 2.03. The zero-order valence-corrected chi connectivity index (χ0v) is 12.9. The summed E-state index contributed by atoms with van der Waals surface area (Å²) < 4.78 is 20.7. The van der Waals surface area contributed by atoms with Crippen molar-refractivity contribution in [3.8, 4) is 0 Å². The molecule has 2 rings (SSSR count). The van der Waals surface area contributed by atoms with Crippen molar-refractivity contribution in [3.05, 3.63) is 35.6 Å². The Morgan fingerprint density at radius 2 is 2.17 bits per heavy atom. The Labute approximate surface area is 122 Å². The van der Waals surface area contributed by atoms with Gasteiger partial charge in [0.25, 0.3) is 0 Å². The molecule has 100 valence electrons. The Bertz CT molecular complexity index is 383. The lowest BCUT2D eigenvalue weighted by atomic mass is 9.88. The van der Waals surface area contributed by atoms with E-state index in [1.54, 1.807) is 6.07 Å². The molecule has 1 aliphatic rings. The second-order valence-electron chi connectivity index (χ2n) is 5.19. The number of hydrogen-bond acceptors (Lipinski definition) is 1. The summed E-state index contributed by atoms with van der Waals surface area (Å²) in [7, 11) is 0. The zero-order chi connectivity index (χ0) is 13.0. The van der Waals surface area contributed by atoms with Gasteiger partial charge in [-0.3, -0.25) is 0 Å². The summed E-state index contributed by atoms with van der Waals surface area (Å²) in [5, 5.41) is 0. The third-order valence-corrected chi connectivity index (χ3v) is 4.44. The molecular formula is C15H20FIO. The summed E-state index contributed by atoms with van der Waals surface area (Å²) >= 11 is 2.28. The summed E-state index contributed by atoms with van der Waals surface area (Å²) in [6.45, 7) is 2.28. The first-order valence-electron chi connectivity index (χ1n) is 6.66. The minimum absolute atomic E-state index is 0.109. The molecule has 0 spiro atoms. The summed E-state index contributed by atoms with van der Waals surface area (Å²) in [5.74, 6) is 0.585. The monoisotopic (exact) mass is 362 g/mol. The fraction of sp³-hybridized carbons (Fsp3) is 0.600. The largest absolute Gasteiger partial charge is 0.369 e. The summed E-state index contributed by atoms with van der Waals surface area (Å²) in [6, 6.07) is 6.96. The van der Waals surface area contributed by atoms with Gasteiger partial charge in [-0.15, -0.1) is 0 Å². The molecule has 1 nitrogen and oxygen atoms in total. The molecule has 0 radical (unpaired) electrons. The van der Waals surface area contributed by atoms with Crippen LogP contribution in [-0.4, -0.2) is 10.5 Å². The molecule has 1 saturated carbocycles. The maximum absolute atomic E-state index is 13.8. The molecule has 1 aromatic rings. The van der Waals surface area contributed by atoms with Crippen molar-refractivity contribution in [3.63, 3.8) is 0 Å². The van der Waals surface area contributed by atoms with Crippen molar-refractivity contribution in [2.24, 2.45) is 5.92 Å². The fourth-order valence-electron chi connectivity index (χ4n) is 2.66. The van der Waals surface area contributed by atoms with Crippen molar-refractivity contribution in [1.29, 1.82) is 0 Å². The number of halogens is 2. The third kappa shape index (κ3) is 3.67. The zero-order valence-electron chi connectivity index (χ0n) is 10.7. The molecule has 0 heterocycles. The Hall–Kier alpha value is -0.160. The van der Waals surface area contributed by atoms with E-state index in [0.29, 0.717) is 11.7 Å². The van der Waals surface area contributed by atoms with Gasteiger partial charge in [-0.1, -0.05) is 60.6 Å². The van der Waals surface area contributed by atoms with Gasteiger partial charge in [-0.05, 0) is 24.8 Å². The first-order chi connectivity index (χ1) is 8.70. The van der Waals surface area contributed by atoms with Crippen molar-refractivity contribution < 1.29 is 9.13 Å². The van der Waals surface area contributed by atoms with Crippen LogP contribution >= 0.6 is 22.6 Å². The van der Waals surface area contributed by atoms with E-state index < -0.39 is 0 Å². The number of hydrogen-bond donors (Lipinski definition) is 0. The highest BCUT2D eigenvalue weighted by atomic mass is 127. The van der Waals surface area contributed by atoms with E-state index in [2.05, 4.69) is 29.5 Å². The van der Waals surface area contributed by atoms with Gasteiger partial charge in [0.2, 0.25) is 0 Å². The molecular weight excluding hydrogens is 342 g/mol. The van der Waals surface area contributed by atoms with Gasteiger partial charge in [0.05, 0.1) is 12.2 Å². The van der Waals surface area contributed by atoms with Crippen molar-refractivity contribution in [2.45, 2.75) is 44.8 Å². The minimum Gasteiger partial charge on any atom is -0.369 e. The standard InChI is InChI=1S/C15H20FIO/c1-11-5-4-6-12(9-11)18-15(10-17)13-7-2-3-8-14(13)16/h2-3,7-8,11-12,15H,4-6,9-10H2,1H3. The van der Waals surface area contributed by atoms with Gasteiger partial charge >= 0.3 is 0 Å². The molecule has 1 fully saturated rings. The molecule has 0 aliphatic heterocycles. The smallest absolute Gasteiger partial charge is 0.129 e.